The zero-order valence-corrected chi connectivity index (χ0v) is 18.9. The fourth-order valence-corrected chi connectivity index (χ4v) is 4.26. The molecule has 5 rings (SSSR count). The lowest BCUT2D eigenvalue weighted by Crippen LogP contribution is -2.19. The minimum Gasteiger partial charge on any atom is -0.454 e. The molecule has 0 saturated carbocycles. The van der Waals surface area contributed by atoms with Crippen molar-refractivity contribution in [3.63, 3.8) is 0 Å². The fourth-order valence-electron chi connectivity index (χ4n) is 3.79. The summed E-state index contributed by atoms with van der Waals surface area (Å²) < 4.78 is 12.8. The van der Waals surface area contributed by atoms with Gasteiger partial charge in [-0.1, -0.05) is 53.5 Å². The van der Waals surface area contributed by atoms with Gasteiger partial charge in [0, 0.05) is 39.3 Å². The second-order valence-electron chi connectivity index (χ2n) is 7.62. The Hall–Kier alpha value is -3.48. The maximum Gasteiger partial charge on any atom is 0.244 e. The molecule has 1 N–H and O–H groups in total. The van der Waals surface area contributed by atoms with E-state index in [0.29, 0.717) is 28.1 Å². The summed E-state index contributed by atoms with van der Waals surface area (Å²) in [5.74, 6) is 1.12. The maximum atomic E-state index is 12.4. The van der Waals surface area contributed by atoms with Crippen molar-refractivity contribution in [2.24, 2.45) is 5.10 Å². The standard InChI is InChI=1S/C25H19Cl2N3O3/c26-19-7-6-17(21(27)11-19)13-30-14-18(20-3-1-2-4-22(20)30)12-28-29-25(31)10-16-5-8-23-24(9-16)33-15-32-23/h1-9,11-12,14H,10,13,15H2,(H,29,31)/b28-12-. The molecule has 0 aliphatic carbocycles. The smallest absolute Gasteiger partial charge is 0.244 e. The minimum atomic E-state index is -0.221. The van der Waals surface area contributed by atoms with E-state index in [1.165, 1.54) is 0 Å². The number of hydrogen-bond acceptors (Lipinski definition) is 4. The Bertz CT molecular complexity index is 1380. The molecule has 166 valence electrons. The molecule has 4 aromatic rings. The van der Waals surface area contributed by atoms with E-state index in [2.05, 4.69) is 15.1 Å². The highest BCUT2D eigenvalue weighted by Crippen LogP contribution is 2.32. The second kappa shape index (κ2) is 9.17. The Labute approximate surface area is 200 Å². The van der Waals surface area contributed by atoms with Gasteiger partial charge in [0.15, 0.2) is 11.5 Å². The van der Waals surface area contributed by atoms with E-state index in [4.69, 9.17) is 32.7 Å². The Balaban J connectivity index is 1.31. The fraction of sp³-hybridized carbons (Fsp3) is 0.120. The zero-order chi connectivity index (χ0) is 22.8. The Morgan fingerprint density at radius 3 is 2.79 bits per heavy atom. The molecule has 33 heavy (non-hydrogen) atoms. The topological polar surface area (TPSA) is 64.8 Å². The molecule has 3 aromatic carbocycles. The number of halogens is 2. The minimum absolute atomic E-state index is 0.185. The monoisotopic (exact) mass is 479 g/mol. The molecule has 0 unspecified atom stereocenters. The van der Waals surface area contributed by atoms with Crippen molar-refractivity contribution in [2.45, 2.75) is 13.0 Å². The molecular formula is C25H19Cl2N3O3. The third-order valence-corrected chi connectivity index (χ3v) is 5.96. The summed E-state index contributed by atoms with van der Waals surface area (Å²) in [4.78, 5) is 12.4. The van der Waals surface area contributed by atoms with Gasteiger partial charge >= 0.3 is 0 Å². The highest BCUT2D eigenvalue weighted by atomic mass is 35.5. The Morgan fingerprint density at radius 1 is 1.06 bits per heavy atom. The first-order valence-electron chi connectivity index (χ1n) is 10.3. The van der Waals surface area contributed by atoms with Crippen LogP contribution in [0.4, 0.5) is 0 Å². The van der Waals surface area contributed by atoms with Crippen molar-refractivity contribution >= 4 is 46.2 Å². The number of benzene rings is 3. The summed E-state index contributed by atoms with van der Waals surface area (Å²) >= 11 is 12.4. The zero-order valence-electron chi connectivity index (χ0n) is 17.4. The van der Waals surface area contributed by atoms with E-state index >= 15 is 0 Å². The van der Waals surface area contributed by atoms with Gasteiger partial charge in [-0.15, -0.1) is 0 Å². The molecule has 1 aromatic heterocycles. The van der Waals surface area contributed by atoms with E-state index in [0.717, 1.165) is 27.6 Å². The molecule has 6 nitrogen and oxygen atoms in total. The van der Waals surface area contributed by atoms with Crippen LogP contribution in [0.5, 0.6) is 11.5 Å². The second-order valence-corrected chi connectivity index (χ2v) is 8.47. The Kier molecular flexibility index (Phi) is 5.94. The van der Waals surface area contributed by atoms with E-state index in [-0.39, 0.29) is 19.1 Å². The number of para-hydroxylation sites is 1. The number of fused-ring (bicyclic) bond motifs is 2. The summed E-state index contributed by atoms with van der Waals surface area (Å²) in [7, 11) is 0. The van der Waals surface area contributed by atoms with Crippen molar-refractivity contribution in [1.82, 2.24) is 9.99 Å². The van der Waals surface area contributed by atoms with Crippen LogP contribution < -0.4 is 14.9 Å². The van der Waals surface area contributed by atoms with Crippen molar-refractivity contribution in [1.29, 1.82) is 0 Å². The molecule has 8 heteroatoms. The molecule has 1 amide bonds. The van der Waals surface area contributed by atoms with Crippen LogP contribution in [0.2, 0.25) is 10.0 Å². The molecule has 0 spiro atoms. The summed E-state index contributed by atoms with van der Waals surface area (Å²) in [6.45, 7) is 0.786. The highest BCUT2D eigenvalue weighted by Gasteiger charge is 2.14. The third-order valence-electron chi connectivity index (χ3n) is 5.37. The molecule has 0 fully saturated rings. The number of ether oxygens (including phenoxy) is 2. The maximum absolute atomic E-state index is 12.4. The van der Waals surface area contributed by atoms with Gasteiger partial charge in [-0.05, 0) is 41.5 Å². The molecule has 0 bridgehead atoms. The summed E-state index contributed by atoms with van der Waals surface area (Å²) in [6, 6.07) is 18.9. The number of carbonyl (C=O) groups is 1. The largest absolute Gasteiger partial charge is 0.454 e. The van der Waals surface area contributed by atoms with E-state index in [1.54, 1.807) is 24.4 Å². The van der Waals surface area contributed by atoms with E-state index < -0.39 is 0 Å². The average Bonchev–Trinajstić information content (AvgIpc) is 3.40. The van der Waals surface area contributed by atoms with Crippen LogP contribution in [0, 0.1) is 0 Å². The van der Waals surface area contributed by atoms with Gasteiger partial charge < -0.3 is 14.0 Å². The first-order chi connectivity index (χ1) is 16.1. The molecule has 0 radical (unpaired) electrons. The summed E-state index contributed by atoms with van der Waals surface area (Å²) in [5.41, 5.74) is 6.31. The molecule has 1 aliphatic heterocycles. The van der Waals surface area contributed by atoms with E-state index in [9.17, 15) is 4.79 Å². The van der Waals surface area contributed by atoms with Crippen LogP contribution >= 0.6 is 23.2 Å². The number of aromatic nitrogens is 1. The lowest BCUT2D eigenvalue weighted by Gasteiger charge is -2.08. The quantitative estimate of drug-likeness (QED) is 0.296. The van der Waals surface area contributed by atoms with Gasteiger partial charge in [0.25, 0.3) is 0 Å². The molecule has 0 atom stereocenters. The summed E-state index contributed by atoms with van der Waals surface area (Å²) in [6.07, 6.45) is 3.83. The van der Waals surface area contributed by atoms with Gasteiger partial charge in [0.05, 0.1) is 12.6 Å². The van der Waals surface area contributed by atoms with Gasteiger partial charge in [0.1, 0.15) is 0 Å². The van der Waals surface area contributed by atoms with Crippen molar-refractivity contribution in [3.05, 3.63) is 93.6 Å². The first-order valence-corrected chi connectivity index (χ1v) is 11.0. The van der Waals surface area contributed by atoms with Crippen LogP contribution in [0.25, 0.3) is 10.9 Å². The van der Waals surface area contributed by atoms with Crippen LogP contribution in [-0.2, 0) is 17.8 Å². The number of nitrogens with zero attached hydrogens (tertiary/aromatic N) is 2. The average molecular weight is 480 g/mol. The van der Waals surface area contributed by atoms with Crippen LogP contribution in [-0.4, -0.2) is 23.5 Å². The number of carbonyl (C=O) groups excluding carboxylic acids is 1. The SMILES string of the molecule is O=C(Cc1ccc2c(c1)OCO2)N/N=C\c1cn(Cc2ccc(Cl)cc2Cl)c2ccccc12. The lowest BCUT2D eigenvalue weighted by atomic mass is 10.1. The number of hydrogen-bond donors (Lipinski definition) is 1. The molecule has 0 saturated heterocycles. The van der Waals surface area contributed by atoms with Crippen LogP contribution in [0.3, 0.4) is 0 Å². The normalized spacial score (nSPS) is 12.5. The van der Waals surface area contributed by atoms with E-state index in [1.807, 2.05) is 48.7 Å². The molecular weight excluding hydrogens is 461 g/mol. The number of hydrazone groups is 1. The molecule has 1 aliphatic rings. The van der Waals surface area contributed by atoms with Gasteiger partial charge in [-0.25, -0.2) is 5.43 Å². The number of rotatable bonds is 6. The Morgan fingerprint density at radius 2 is 1.91 bits per heavy atom. The van der Waals surface area contributed by atoms with Crippen molar-refractivity contribution in [3.8, 4) is 11.5 Å². The number of amides is 1. The molecule has 2 heterocycles. The predicted molar refractivity (Wildman–Crippen MR) is 130 cm³/mol. The van der Waals surface area contributed by atoms with Crippen LogP contribution in [0.1, 0.15) is 16.7 Å². The van der Waals surface area contributed by atoms with Gasteiger partial charge in [-0.2, -0.15) is 5.10 Å². The summed E-state index contributed by atoms with van der Waals surface area (Å²) in [5, 5.41) is 6.42. The van der Waals surface area contributed by atoms with Gasteiger partial charge in [-0.3, -0.25) is 4.79 Å². The highest BCUT2D eigenvalue weighted by molar-refractivity contribution is 6.35. The van der Waals surface area contributed by atoms with Gasteiger partial charge in [0.2, 0.25) is 12.7 Å². The van der Waals surface area contributed by atoms with Crippen molar-refractivity contribution in [2.75, 3.05) is 6.79 Å². The van der Waals surface area contributed by atoms with Crippen LogP contribution in [0.15, 0.2) is 72.0 Å². The number of nitrogens with one attached hydrogen (secondary N) is 1. The van der Waals surface area contributed by atoms with Crippen molar-refractivity contribution < 1.29 is 14.3 Å². The lowest BCUT2D eigenvalue weighted by molar-refractivity contribution is -0.120. The predicted octanol–water partition coefficient (Wildman–Crippen LogP) is 5.42. The first kappa shape index (κ1) is 21.4. The third kappa shape index (κ3) is 4.67.